The minimum Gasteiger partial charge on any atom is -0.362 e. The Labute approximate surface area is 119 Å². The van der Waals surface area contributed by atoms with Crippen LogP contribution in [0.25, 0.3) is 0 Å². The Morgan fingerprint density at radius 2 is 2.05 bits per heavy atom. The molecule has 2 aromatic rings. The minimum atomic E-state index is -1.05. The Morgan fingerprint density at radius 1 is 1.25 bits per heavy atom. The molecule has 1 fully saturated rings. The summed E-state index contributed by atoms with van der Waals surface area (Å²) in [5, 5.41) is 12.7. The lowest BCUT2D eigenvalue weighted by molar-refractivity contribution is 0.503. The van der Waals surface area contributed by atoms with Crippen molar-refractivity contribution in [3.8, 4) is 6.07 Å². The molecule has 1 heterocycles. The maximum atomic E-state index is 14.2. The van der Waals surface area contributed by atoms with Crippen LogP contribution in [0.2, 0.25) is 0 Å². The number of rotatable bonds is 4. The molecule has 1 aliphatic carbocycles. The molecule has 20 heavy (non-hydrogen) atoms. The van der Waals surface area contributed by atoms with E-state index in [1.54, 1.807) is 17.4 Å². The fraction of sp³-hybridized carbons (Fsp3) is 0.267. The minimum absolute atomic E-state index is 0.246. The molecule has 5 heteroatoms. The first-order valence-electron chi connectivity index (χ1n) is 6.36. The summed E-state index contributed by atoms with van der Waals surface area (Å²) in [5.41, 5.74) is 1.08. The Morgan fingerprint density at radius 3 is 2.65 bits per heavy atom. The van der Waals surface area contributed by atoms with E-state index in [0.717, 1.165) is 18.4 Å². The van der Waals surface area contributed by atoms with Gasteiger partial charge in [0, 0.05) is 12.6 Å². The molecule has 0 spiro atoms. The van der Waals surface area contributed by atoms with Gasteiger partial charge in [0.1, 0.15) is 6.07 Å². The molecule has 0 amide bonds. The van der Waals surface area contributed by atoms with Crippen LogP contribution in [-0.2, 0) is 6.54 Å². The summed E-state index contributed by atoms with van der Waals surface area (Å²) in [6.45, 7) is 0.566. The van der Waals surface area contributed by atoms with E-state index in [4.69, 9.17) is 5.26 Å². The molecule has 1 aromatic heterocycles. The highest BCUT2D eigenvalue weighted by molar-refractivity contribution is 7.07. The van der Waals surface area contributed by atoms with Crippen molar-refractivity contribution >= 4 is 17.0 Å². The third kappa shape index (κ3) is 2.39. The van der Waals surface area contributed by atoms with E-state index >= 15 is 0 Å². The van der Waals surface area contributed by atoms with Gasteiger partial charge in [0.25, 0.3) is 0 Å². The highest BCUT2D eigenvalue weighted by Crippen LogP contribution is 2.35. The lowest BCUT2D eigenvalue weighted by atomic mass is 10.1. The van der Waals surface area contributed by atoms with Crippen molar-refractivity contribution in [1.29, 1.82) is 5.26 Å². The first-order chi connectivity index (χ1) is 9.70. The highest BCUT2D eigenvalue weighted by Gasteiger charge is 2.32. The first-order valence-corrected chi connectivity index (χ1v) is 7.31. The van der Waals surface area contributed by atoms with Gasteiger partial charge in [-0.15, -0.1) is 0 Å². The Kier molecular flexibility index (Phi) is 3.41. The highest BCUT2D eigenvalue weighted by atomic mass is 32.1. The van der Waals surface area contributed by atoms with Crippen molar-refractivity contribution in [2.75, 3.05) is 4.90 Å². The van der Waals surface area contributed by atoms with Crippen molar-refractivity contribution in [2.24, 2.45) is 0 Å². The topological polar surface area (TPSA) is 27.0 Å². The van der Waals surface area contributed by atoms with Crippen LogP contribution in [0.3, 0.4) is 0 Å². The molecule has 1 aliphatic rings. The fourth-order valence-corrected chi connectivity index (χ4v) is 2.88. The van der Waals surface area contributed by atoms with E-state index in [9.17, 15) is 8.78 Å². The second-order valence-electron chi connectivity index (χ2n) is 4.86. The van der Waals surface area contributed by atoms with Gasteiger partial charge in [0.15, 0.2) is 11.6 Å². The quantitative estimate of drug-likeness (QED) is 0.848. The van der Waals surface area contributed by atoms with Crippen molar-refractivity contribution < 1.29 is 8.78 Å². The first kappa shape index (κ1) is 13.1. The van der Waals surface area contributed by atoms with Gasteiger partial charge >= 0.3 is 0 Å². The molecule has 0 atom stereocenters. The number of hydrogen-bond acceptors (Lipinski definition) is 3. The molecule has 2 nitrogen and oxygen atoms in total. The molecular formula is C15H12F2N2S. The number of anilines is 1. The normalized spacial score (nSPS) is 14.1. The van der Waals surface area contributed by atoms with Crippen LogP contribution in [0.5, 0.6) is 0 Å². The number of nitrogens with zero attached hydrogens (tertiary/aromatic N) is 2. The number of halogens is 2. The Bertz CT molecular complexity index is 657. The fourth-order valence-electron chi connectivity index (χ4n) is 2.22. The zero-order chi connectivity index (χ0) is 14.1. The predicted octanol–water partition coefficient (Wildman–Crippen LogP) is 4.07. The van der Waals surface area contributed by atoms with E-state index in [1.807, 2.05) is 21.7 Å². The van der Waals surface area contributed by atoms with Crippen LogP contribution >= 0.6 is 11.3 Å². The summed E-state index contributed by atoms with van der Waals surface area (Å²) in [6.07, 6.45) is 1.98. The SMILES string of the molecule is N#Cc1ccc(N(Cc2ccsc2)C2CC2)c(F)c1F. The van der Waals surface area contributed by atoms with E-state index < -0.39 is 11.6 Å². The number of benzene rings is 1. The van der Waals surface area contributed by atoms with Gasteiger partial charge in [0.2, 0.25) is 0 Å². The second kappa shape index (κ2) is 5.22. The molecule has 0 aliphatic heterocycles. The van der Waals surface area contributed by atoms with Gasteiger partial charge in [-0.25, -0.2) is 8.78 Å². The van der Waals surface area contributed by atoms with Crippen LogP contribution in [0.4, 0.5) is 14.5 Å². The molecule has 0 saturated heterocycles. The maximum absolute atomic E-state index is 14.2. The standard InChI is InChI=1S/C15H12F2N2S/c16-14-11(7-18)1-4-13(15(14)17)19(12-2-3-12)8-10-5-6-20-9-10/h1,4-6,9,12H,2-3,8H2. The predicted molar refractivity (Wildman–Crippen MR) is 74.6 cm³/mol. The van der Waals surface area contributed by atoms with Crippen LogP contribution in [0.1, 0.15) is 24.0 Å². The van der Waals surface area contributed by atoms with E-state index in [0.29, 0.717) is 6.54 Å². The van der Waals surface area contributed by atoms with Crippen LogP contribution in [-0.4, -0.2) is 6.04 Å². The van der Waals surface area contributed by atoms with Crippen molar-refractivity contribution in [2.45, 2.75) is 25.4 Å². The van der Waals surface area contributed by atoms with E-state index in [1.165, 1.54) is 12.1 Å². The monoisotopic (exact) mass is 290 g/mol. The summed E-state index contributed by atoms with van der Waals surface area (Å²) >= 11 is 1.58. The van der Waals surface area contributed by atoms with Crippen LogP contribution in [0.15, 0.2) is 29.0 Å². The average Bonchev–Trinajstić information content (AvgIpc) is 3.17. The molecule has 1 saturated carbocycles. The summed E-state index contributed by atoms with van der Waals surface area (Å²) in [6, 6.07) is 6.75. The molecular weight excluding hydrogens is 278 g/mol. The zero-order valence-corrected chi connectivity index (χ0v) is 11.5. The molecule has 1 aromatic carbocycles. The van der Waals surface area contributed by atoms with Crippen molar-refractivity contribution in [3.63, 3.8) is 0 Å². The average molecular weight is 290 g/mol. The van der Waals surface area contributed by atoms with Gasteiger partial charge < -0.3 is 4.90 Å². The molecule has 3 rings (SSSR count). The molecule has 0 bridgehead atoms. The van der Waals surface area contributed by atoms with Crippen LogP contribution in [0, 0.1) is 23.0 Å². The third-order valence-corrected chi connectivity index (χ3v) is 4.14. The zero-order valence-electron chi connectivity index (χ0n) is 10.6. The Hall–Kier alpha value is -1.93. The van der Waals surface area contributed by atoms with Gasteiger partial charge in [-0.3, -0.25) is 0 Å². The van der Waals surface area contributed by atoms with E-state index in [2.05, 4.69) is 0 Å². The van der Waals surface area contributed by atoms with Gasteiger partial charge in [0.05, 0.1) is 11.3 Å². The summed E-state index contributed by atoms with van der Waals surface area (Å²) < 4.78 is 27.9. The smallest absolute Gasteiger partial charge is 0.183 e. The molecule has 0 unspecified atom stereocenters. The number of hydrogen-bond donors (Lipinski definition) is 0. The van der Waals surface area contributed by atoms with Gasteiger partial charge in [-0.05, 0) is 47.4 Å². The number of nitriles is 1. The van der Waals surface area contributed by atoms with Crippen LogP contribution < -0.4 is 4.90 Å². The molecule has 102 valence electrons. The molecule has 0 N–H and O–H groups in total. The summed E-state index contributed by atoms with van der Waals surface area (Å²) in [7, 11) is 0. The summed E-state index contributed by atoms with van der Waals surface area (Å²) in [5.74, 6) is -1.98. The van der Waals surface area contributed by atoms with Gasteiger partial charge in [-0.1, -0.05) is 0 Å². The summed E-state index contributed by atoms with van der Waals surface area (Å²) in [4.78, 5) is 1.89. The Balaban J connectivity index is 1.96. The van der Waals surface area contributed by atoms with Crippen molar-refractivity contribution in [3.05, 3.63) is 51.7 Å². The third-order valence-electron chi connectivity index (χ3n) is 3.41. The van der Waals surface area contributed by atoms with Crippen molar-refractivity contribution in [1.82, 2.24) is 0 Å². The molecule has 0 radical (unpaired) electrons. The van der Waals surface area contributed by atoms with E-state index in [-0.39, 0.29) is 17.3 Å². The lowest BCUT2D eigenvalue weighted by Crippen LogP contribution is -2.26. The maximum Gasteiger partial charge on any atom is 0.183 e. The van der Waals surface area contributed by atoms with Gasteiger partial charge in [-0.2, -0.15) is 16.6 Å². The second-order valence-corrected chi connectivity index (χ2v) is 5.64. The lowest BCUT2D eigenvalue weighted by Gasteiger charge is -2.25. The largest absolute Gasteiger partial charge is 0.362 e. The number of thiophene rings is 1.